The Hall–Kier alpha value is -1.46. The number of nitrogens with zero attached hydrogens (tertiary/aromatic N) is 1. The molecule has 1 aromatic rings. The predicted molar refractivity (Wildman–Crippen MR) is 42.9 cm³/mol. The maximum atomic E-state index is 12.8. The molecule has 3 nitrogen and oxygen atoms in total. The first-order chi connectivity index (χ1) is 6.04. The number of aromatic nitrogens is 1. The van der Waals surface area contributed by atoms with Crippen molar-refractivity contribution in [1.82, 2.24) is 4.98 Å². The van der Waals surface area contributed by atoms with E-state index in [0.29, 0.717) is 0 Å². The highest BCUT2D eigenvalue weighted by Gasteiger charge is 2.25. The monoisotopic (exact) mass is 191 g/mol. The smallest absolute Gasteiger partial charge is 0.275 e. The molecule has 0 aliphatic rings. The molecule has 13 heavy (non-hydrogen) atoms. The average molecular weight is 191 g/mol. The van der Waals surface area contributed by atoms with Gasteiger partial charge >= 0.3 is 0 Å². The summed E-state index contributed by atoms with van der Waals surface area (Å²) in [4.78, 5) is 3.40. The van der Waals surface area contributed by atoms with Gasteiger partial charge in [0.25, 0.3) is 6.43 Å². The Morgan fingerprint density at radius 1 is 1.23 bits per heavy atom. The zero-order chi connectivity index (χ0) is 10.0. The normalized spacial score (nSPS) is 13.2. The summed E-state index contributed by atoms with van der Waals surface area (Å²) in [5.41, 5.74) is 9.86. The quantitative estimate of drug-likeness (QED) is 0.744. The highest BCUT2D eigenvalue weighted by Crippen LogP contribution is 2.29. The van der Waals surface area contributed by atoms with E-state index in [1.54, 1.807) is 0 Å². The molecule has 4 N–H and O–H groups in total. The zero-order valence-corrected chi connectivity index (χ0v) is 6.55. The molecule has 1 unspecified atom stereocenters. The van der Waals surface area contributed by atoms with Crippen molar-refractivity contribution in [3.63, 3.8) is 0 Å². The van der Waals surface area contributed by atoms with E-state index in [4.69, 9.17) is 11.5 Å². The molecule has 0 aliphatic carbocycles. The van der Waals surface area contributed by atoms with Crippen LogP contribution in [0.1, 0.15) is 11.9 Å². The summed E-state index contributed by atoms with van der Waals surface area (Å²) in [6.45, 7) is 0. The van der Waals surface area contributed by atoms with E-state index >= 15 is 0 Å². The van der Waals surface area contributed by atoms with Crippen molar-refractivity contribution in [3.8, 4) is 0 Å². The molecule has 0 spiro atoms. The first-order valence-electron chi connectivity index (χ1n) is 3.46. The molecule has 1 heterocycles. The topological polar surface area (TPSA) is 64.9 Å². The van der Waals surface area contributed by atoms with Crippen LogP contribution in [0.15, 0.2) is 12.3 Å². The van der Waals surface area contributed by atoms with Crippen LogP contribution in [0, 0.1) is 0 Å². The summed E-state index contributed by atoms with van der Waals surface area (Å²) in [6.07, 6.45) is -4.49. The van der Waals surface area contributed by atoms with Crippen LogP contribution in [0.4, 0.5) is 24.5 Å². The van der Waals surface area contributed by atoms with E-state index in [1.165, 1.54) is 6.07 Å². The highest BCUT2D eigenvalue weighted by atomic mass is 19.3. The molecule has 72 valence electrons. The van der Waals surface area contributed by atoms with Gasteiger partial charge in [-0.1, -0.05) is 0 Å². The molecule has 0 amide bonds. The number of rotatable bonds is 2. The number of hydrogen-bond acceptors (Lipinski definition) is 3. The Morgan fingerprint density at radius 3 is 2.38 bits per heavy atom. The number of nitrogens with two attached hydrogens (primary N) is 2. The number of anilines is 2. The third-order valence-electron chi connectivity index (χ3n) is 1.54. The summed E-state index contributed by atoms with van der Waals surface area (Å²) >= 11 is 0. The van der Waals surface area contributed by atoms with E-state index in [2.05, 4.69) is 4.98 Å². The molecule has 1 aromatic heterocycles. The largest absolute Gasteiger partial charge is 0.397 e. The molecule has 0 aliphatic heterocycles. The van der Waals surface area contributed by atoms with Gasteiger partial charge < -0.3 is 11.5 Å². The Bertz CT molecular complexity index is 303. The number of hydrogen-bond donors (Lipinski definition) is 2. The second-order valence-electron chi connectivity index (χ2n) is 2.44. The van der Waals surface area contributed by atoms with Crippen LogP contribution >= 0.6 is 0 Å². The first kappa shape index (κ1) is 9.63. The second kappa shape index (κ2) is 3.51. The Labute approximate surface area is 72.6 Å². The molecule has 0 bridgehead atoms. The molecule has 0 saturated carbocycles. The average Bonchev–Trinajstić information content (AvgIpc) is 2.08. The van der Waals surface area contributed by atoms with Crippen LogP contribution in [-0.2, 0) is 0 Å². The second-order valence-corrected chi connectivity index (χ2v) is 2.44. The summed E-state index contributed by atoms with van der Waals surface area (Å²) < 4.78 is 36.6. The minimum Gasteiger partial charge on any atom is -0.397 e. The lowest BCUT2D eigenvalue weighted by Crippen LogP contribution is -2.10. The Balaban J connectivity index is 3.07. The van der Waals surface area contributed by atoms with Gasteiger partial charge in [0, 0.05) is 6.20 Å². The third-order valence-corrected chi connectivity index (χ3v) is 1.54. The van der Waals surface area contributed by atoms with Crippen molar-refractivity contribution >= 4 is 11.4 Å². The minimum absolute atomic E-state index is 0.0494. The molecule has 6 heteroatoms. The summed E-state index contributed by atoms with van der Waals surface area (Å²) in [6, 6.07) is 1.32. The fourth-order valence-corrected chi connectivity index (χ4v) is 0.844. The van der Waals surface area contributed by atoms with Gasteiger partial charge in [-0.2, -0.15) is 0 Å². The maximum Gasteiger partial charge on any atom is 0.275 e. The van der Waals surface area contributed by atoms with E-state index in [0.717, 1.165) is 6.20 Å². The number of alkyl halides is 3. The van der Waals surface area contributed by atoms with Crippen molar-refractivity contribution in [1.29, 1.82) is 0 Å². The van der Waals surface area contributed by atoms with E-state index in [1.807, 2.05) is 0 Å². The number of nitrogen functional groups attached to an aromatic ring is 2. The van der Waals surface area contributed by atoms with Crippen molar-refractivity contribution in [2.45, 2.75) is 12.6 Å². The van der Waals surface area contributed by atoms with Gasteiger partial charge in [-0.05, 0) is 6.07 Å². The summed E-state index contributed by atoms with van der Waals surface area (Å²) in [5.74, 6) is 0. The van der Waals surface area contributed by atoms with Crippen LogP contribution in [0.25, 0.3) is 0 Å². The molecule has 0 radical (unpaired) electrons. The van der Waals surface area contributed by atoms with E-state index in [9.17, 15) is 13.2 Å². The van der Waals surface area contributed by atoms with Crippen LogP contribution in [0.2, 0.25) is 0 Å². The molecular formula is C7H8F3N3. The Kier molecular flexibility index (Phi) is 2.60. The van der Waals surface area contributed by atoms with Crippen LogP contribution in [0.5, 0.6) is 0 Å². The van der Waals surface area contributed by atoms with Gasteiger partial charge in [0.15, 0.2) is 0 Å². The maximum absolute atomic E-state index is 12.8. The van der Waals surface area contributed by atoms with E-state index < -0.39 is 18.3 Å². The zero-order valence-electron chi connectivity index (χ0n) is 6.55. The molecule has 0 aromatic carbocycles. The van der Waals surface area contributed by atoms with Gasteiger partial charge in [0.2, 0.25) is 6.17 Å². The molecule has 1 atom stereocenters. The van der Waals surface area contributed by atoms with Gasteiger partial charge in [0.05, 0.1) is 11.4 Å². The lowest BCUT2D eigenvalue weighted by atomic mass is 10.2. The highest BCUT2D eigenvalue weighted by molar-refractivity contribution is 5.65. The van der Waals surface area contributed by atoms with Gasteiger partial charge in [-0.15, -0.1) is 0 Å². The standard InChI is InChI=1S/C7H8F3N3/c8-4(7(9)10)6-5(12)3(11)1-2-13-6/h1-2,4,7H,12H2,(H2,11,13). The van der Waals surface area contributed by atoms with Gasteiger partial charge in [-0.3, -0.25) is 4.98 Å². The molecular weight excluding hydrogens is 183 g/mol. The third kappa shape index (κ3) is 1.82. The van der Waals surface area contributed by atoms with Crippen LogP contribution in [-0.4, -0.2) is 11.4 Å². The van der Waals surface area contributed by atoms with Crippen molar-refractivity contribution in [2.24, 2.45) is 0 Å². The van der Waals surface area contributed by atoms with Crippen molar-refractivity contribution in [3.05, 3.63) is 18.0 Å². The lowest BCUT2D eigenvalue weighted by Gasteiger charge is -2.10. The van der Waals surface area contributed by atoms with E-state index in [-0.39, 0.29) is 11.4 Å². The van der Waals surface area contributed by atoms with Crippen molar-refractivity contribution < 1.29 is 13.2 Å². The minimum atomic E-state index is -3.14. The van der Waals surface area contributed by atoms with Crippen molar-refractivity contribution in [2.75, 3.05) is 11.5 Å². The SMILES string of the molecule is Nc1ccnc(C(F)C(F)F)c1N. The molecule has 0 saturated heterocycles. The lowest BCUT2D eigenvalue weighted by molar-refractivity contribution is 0.0477. The number of pyridine rings is 1. The predicted octanol–water partition coefficient (Wildman–Crippen LogP) is 1.52. The Morgan fingerprint density at radius 2 is 1.85 bits per heavy atom. The number of halogens is 3. The van der Waals surface area contributed by atoms with Gasteiger partial charge in [-0.25, -0.2) is 13.2 Å². The fourth-order valence-electron chi connectivity index (χ4n) is 0.844. The first-order valence-corrected chi connectivity index (χ1v) is 3.46. The molecule has 1 rings (SSSR count). The fraction of sp³-hybridized carbons (Fsp3) is 0.286. The van der Waals surface area contributed by atoms with Crippen LogP contribution in [0.3, 0.4) is 0 Å². The summed E-state index contributed by atoms with van der Waals surface area (Å²) in [5, 5.41) is 0. The summed E-state index contributed by atoms with van der Waals surface area (Å²) in [7, 11) is 0. The molecule has 0 fully saturated rings. The van der Waals surface area contributed by atoms with Crippen LogP contribution < -0.4 is 11.5 Å². The van der Waals surface area contributed by atoms with Gasteiger partial charge in [0.1, 0.15) is 5.69 Å².